The Morgan fingerprint density at radius 1 is 1.42 bits per heavy atom. The van der Waals surface area contributed by atoms with Crippen molar-refractivity contribution in [1.82, 2.24) is 9.88 Å². The molecule has 0 aromatic carbocycles. The smallest absolute Gasteiger partial charge is 0.380 e. The number of piperidine rings is 1. The van der Waals surface area contributed by atoms with Crippen molar-refractivity contribution in [2.75, 3.05) is 13.1 Å². The topological polar surface area (TPSA) is 56.3 Å². The maximum Gasteiger partial charge on any atom is 0.417 e. The quantitative estimate of drug-likeness (QED) is 0.835. The van der Waals surface area contributed by atoms with Gasteiger partial charge in [-0.25, -0.2) is 0 Å². The van der Waals surface area contributed by atoms with Gasteiger partial charge in [-0.2, -0.15) is 13.2 Å². The number of carbonyl (C=O) groups excluding carboxylic acids is 1. The SMILES string of the molecule is O=C(c1cc(Cl)c[nH]1)N1CCC(O)(C(F)(F)F)CC1. The Balaban J connectivity index is 2.03. The van der Waals surface area contributed by atoms with E-state index in [2.05, 4.69) is 4.98 Å². The molecule has 106 valence electrons. The summed E-state index contributed by atoms with van der Waals surface area (Å²) in [5, 5.41) is 9.84. The molecule has 0 saturated carbocycles. The molecular weight excluding hydrogens is 285 g/mol. The van der Waals surface area contributed by atoms with Gasteiger partial charge in [0.05, 0.1) is 5.02 Å². The van der Waals surface area contributed by atoms with Gasteiger partial charge >= 0.3 is 6.18 Å². The highest BCUT2D eigenvalue weighted by Gasteiger charge is 2.54. The minimum absolute atomic E-state index is 0.147. The summed E-state index contributed by atoms with van der Waals surface area (Å²) in [7, 11) is 0. The fourth-order valence-corrected chi connectivity index (χ4v) is 2.19. The number of alkyl halides is 3. The maximum absolute atomic E-state index is 12.6. The lowest BCUT2D eigenvalue weighted by Gasteiger charge is -2.38. The highest BCUT2D eigenvalue weighted by Crippen LogP contribution is 2.38. The molecule has 1 aromatic heterocycles. The van der Waals surface area contributed by atoms with Gasteiger partial charge in [0.25, 0.3) is 5.91 Å². The summed E-state index contributed by atoms with van der Waals surface area (Å²) in [4.78, 5) is 15.9. The van der Waals surface area contributed by atoms with E-state index < -0.39 is 30.5 Å². The third-order valence-corrected chi connectivity index (χ3v) is 3.50. The molecule has 2 N–H and O–H groups in total. The molecule has 4 nitrogen and oxygen atoms in total. The molecule has 0 radical (unpaired) electrons. The van der Waals surface area contributed by atoms with Crippen LogP contribution in [-0.4, -0.2) is 45.8 Å². The van der Waals surface area contributed by atoms with E-state index in [0.29, 0.717) is 5.02 Å². The number of nitrogens with zero attached hydrogens (tertiary/aromatic N) is 1. The molecule has 1 aliphatic rings. The first kappa shape index (κ1) is 14.2. The number of aromatic amines is 1. The second-order valence-corrected chi connectivity index (χ2v) is 4.99. The molecule has 0 atom stereocenters. The van der Waals surface area contributed by atoms with Gasteiger partial charge in [-0.1, -0.05) is 11.6 Å². The van der Waals surface area contributed by atoms with Crippen LogP contribution in [0.4, 0.5) is 13.2 Å². The van der Waals surface area contributed by atoms with Crippen molar-refractivity contribution in [3.63, 3.8) is 0 Å². The number of aromatic nitrogens is 1. The summed E-state index contributed by atoms with van der Waals surface area (Å²) in [5.74, 6) is -0.420. The number of rotatable bonds is 1. The maximum atomic E-state index is 12.6. The van der Waals surface area contributed by atoms with E-state index >= 15 is 0 Å². The van der Waals surface area contributed by atoms with Crippen molar-refractivity contribution < 1.29 is 23.1 Å². The summed E-state index contributed by atoms with van der Waals surface area (Å²) >= 11 is 5.66. The normalized spacial score (nSPS) is 19.5. The molecule has 1 amide bonds. The van der Waals surface area contributed by atoms with Crippen LogP contribution in [0, 0.1) is 0 Å². The molecule has 0 aliphatic carbocycles. The zero-order valence-corrected chi connectivity index (χ0v) is 10.6. The molecule has 1 fully saturated rings. The fourth-order valence-electron chi connectivity index (χ4n) is 2.02. The standard InChI is InChI=1S/C11H12ClF3N2O2/c12-7-5-8(16-6-7)9(18)17-3-1-10(19,2-4-17)11(13,14)15/h5-6,16,19H,1-4H2. The molecule has 19 heavy (non-hydrogen) atoms. The van der Waals surface area contributed by atoms with Gasteiger partial charge in [0.1, 0.15) is 5.69 Å². The largest absolute Gasteiger partial charge is 0.417 e. The van der Waals surface area contributed by atoms with Gasteiger partial charge in [-0.15, -0.1) is 0 Å². The number of nitrogens with one attached hydrogen (secondary N) is 1. The second-order valence-electron chi connectivity index (χ2n) is 4.55. The predicted molar refractivity (Wildman–Crippen MR) is 61.9 cm³/mol. The van der Waals surface area contributed by atoms with Crippen LogP contribution in [0.5, 0.6) is 0 Å². The molecule has 0 bridgehead atoms. The number of likely N-dealkylation sites (tertiary alicyclic amines) is 1. The van der Waals surface area contributed by atoms with Crippen LogP contribution in [0.1, 0.15) is 23.3 Å². The van der Waals surface area contributed by atoms with Gasteiger partial charge in [0.2, 0.25) is 0 Å². The van der Waals surface area contributed by atoms with Crippen molar-refractivity contribution in [1.29, 1.82) is 0 Å². The third kappa shape index (κ3) is 2.71. The Morgan fingerprint density at radius 2 is 2.00 bits per heavy atom. The lowest BCUT2D eigenvalue weighted by Crippen LogP contribution is -2.54. The summed E-state index contributed by atoms with van der Waals surface area (Å²) < 4.78 is 37.8. The first-order valence-corrected chi connectivity index (χ1v) is 6.03. The lowest BCUT2D eigenvalue weighted by atomic mass is 9.90. The minimum Gasteiger partial charge on any atom is -0.380 e. The lowest BCUT2D eigenvalue weighted by molar-refractivity contribution is -0.271. The number of amides is 1. The Hall–Kier alpha value is -1.21. The van der Waals surface area contributed by atoms with E-state index in [9.17, 15) is 23.1 Å². The highest BCUT2D eigenvalue weighted by molar-refractivity contribution is 6.30. The van der Waals surface area contributed by atoms with E-state index in [1.165, 1.54) is 17.2 Å². The minimum atomic E-state index is -4.67. The third-order valence-electron chi connectivity index (χ3n) is 3.28. The summed E-state index contributed by atoms with van der Waals surface area (Å²) in [6.45, 7) is -0.295. The van der Waals surface area contributed by atoms with Crippen molar-refractivity contribution in [3.05, 3.63) is 23.0 Å². The molecule has 1 aliphatic heterocycles. The van der Waals surface area contributed by atoms with Crippen LogP contribution in [0.15, 0.2) is 12.3 Å². The van der Waals surface area contributed by atoms with Gasteiger partial charge in [-0.05, 0) is 6.07 Å². The van der Waals surface area contributed by atoms with Crippen molar-refractivity contribution >= 4 is 17.5 Å². The Bertz CT molecular complexity index is 479. The number of carbonyl (C=O) groups is 1. The van der Waals surface area contributed by atoms with Crippen LogP contribution in [-0.2, 0) is 0 Å². The van der Waals surface area contributed by atoms with Crippen molar-refractivity contribution in [2.24, 2.45) is 0 Å². The number of H-pyrrole nitrogens is 1. The second kappa shape index (κ2) is 4.72. The van der Waals surface area contributed by atoms with Crippen LogP contribution in [0.3, 0.4) is 0 Å². The summed E-state index contributed by atoms with van der Waals surface area (Å²) in [6, 6.07) is 1.41. The van der Waals surface area contributed by atoms with E-state index in [-0.39, 0.29) is 18.8 Å². The molecule has 0 spiro atoms. The van der Waals surface area contributed by atoms with Crippen LogP contribution in [0.25, 0.3) is 0 Å². The van der Waals surface area contributed by atoms with E-state index in [0.717, 1.165) is 0 Å². The van der Waals surface area contributed by atoms with Gasteiger partial charge < -0.3 is 15.0 Å². The number of halogens is 4. The number of aliphatic hydroxyl groups is 1. The summed E-state index contributed by atoms with van der Waals surface area (Å²) in [5.41, 5.74) is -2.47. The average Bonchev–Trinajstić information content (AvgIpc) is 2.74. The summed E-state index contributed by atoms with van der Waals surface area (Å²) in [6.07, 6.45) is -4.28. The van der Waals surface area contributed by atoms with Gasteiger partial charge in [-0.3, -0.25) is 4.79 Å². The monoisotopic (exact) mass is 296 g/mol. The van der Waals surface area contributed by atoms with Crippen LogP contribution < -0.4 is 0 Å². The fraction of sp³-hybridized carbons (Fsp3) is 0.545. The van der Waals surface area contributed by atoms with E-state index in [1.54, 1.807) is 0 Å². The Labute approximate surface area is 112 Å². The molecule has 1 saturated heterocycles. The molecule has 1 aromatic rings. The van der Waals surface area contributed by atoms with Crippen LogP contribution in [0.2, 0.25) is 5.02 Å². The van der Waals surface area contributed by atoms with E-state index in [4.69, 9.17) is 11.6 Å². The number of hydrogen-bond donors (Lipinski definition) is 2. The molecule has 2 heterocycles. The van der Waals surface area contributed by atoms with E-state index in [1.807, 2.05) is 0 Å². The molecule has 8 heteroatoms. The highest BCUT2D eigenvalue weighted by atomic mass is 35.5. The van der Waals surface area contributed by atoms with Crippen molar-refractivity contribution in [2.45, 2.75) is 24.6 Å². The van der Waals surface area contributed by atoms with Gasteiger partial charge in [0.15, 0.2) is 5.60 Å². The molecular formula is C11H12ClF3N2O2. The average molecular weight is 297 g/mol. The van der Waals surface area contributed by atoms with Crippen LogP contribution >= 0.6 is 11.6 Å². The first-order valence-electron chi connectivity index (χ1n) is 5.65. The molecule has 2 rings (SSSR count). The van der Waals surface area contributed by atoms with Crippen molar-refractivity contribution in [3.8, 4) is 0 Å². The molecule has 0 unspecified atom stereocenters. The van der Waals surface area contributed by atoms with Gasteiger partial charge in [0, 0.05) is 32.1 Å². The Kier molecular flexibility index (Phi) is 3.53. The zero-order valence-electron chi connectivity index (χ0n) is 9.80. The first-order chi connectivity index (χ1) is 8.73. The zero-order chi connectivity index (χ0) is 14.3. The number of hydrogen-bond acceptors (Lipinski definition) is 2. The predicted octanol–water partition coefficient (Wildman–Crippen LogP) is 2.20. The Morgan fingerprint density at radius 3 is 2.42 bits per heavy atom.